The van der Waals surface area contributed by atoms with Crippen LogP contribution in [0.5, 0.6) is 0 Å². The van der Waals surface area contributed by atoms with Gasteiger partial charge in [0, 0.05) is 18.6 Å². The van der Waals surface area contributed by atoms with Crippen LogP contribution in [0.25, 0.3) is 0 Å². The van der Waals surface area contributed by atoms with Crippen molar-refractivity contribution < 1.29 is 0 Å². The highest BCUT2D eigenvalue weighted by Gasteiger charge is 2.29. The highest BCUT2D eigenvalue weighted by Crippen LogP contribution is 2.29. The summed E-state index contributed by atoms with van der Waals surface area (Å²) in [6.07, 6.45) is 6.99. The molecule has 2 heteroatoms. The number of hydrogen-bond donors (Lipinski definition) is 1. The first-order chi connectivity index (χ1) is 8.15. The second-order valence-corrected chi connectivity index (χ2v) is 6.70. The Hall–Kier alpha value is -0.0800. The number of nitrogens with one attached hydrogen (secondary N) is 1. The van der Waals surface area contributed by atoms with Gasteiger partial charge in [-0.1, -0.05) is 20.8 Å². The van der Waals surface area contributed by atoms with E-state index in [-0.39, 0.29) is 0 Å². The van der Waals surface area contributed by atoms with E-state index in [2.05, 4.69) is 31.0 Å². The molecule has 2 nitrogen and oxygen atoms in total. The smallest absolute Gasteiger partial charge is 0.0197 e. The second kappa shape index (κ2) is 6.19. The van der Waals surface area contributed by atoms with Crippen molar-refractivity contribution in [2.75, 3.05) is 19.6 Å². The molecule has 1 aliphatic heterocycles. The Balaban J connectivity index is 1.88. The van der Waals surface area contributed by atoms with Crippen molar-refractivity contribution in [2.24, 2.45) is 11.8 Å². The topological polar surface area (TPSA) is 15.3 Å². The third-order valence-electron chi connectivity index (χ3n) is 4.45. The molecule has 0 aromatic carbocycles. The monoisotopic (exact) mass is 238 g/mol. The summed E-state index contributed by atoms with van der Waals surface area (Å²) in [5, 5.41) is 3.74. The van der Waals surface area contributed by atoms with Crippen molar-refractivity contribution in [1.82, 2.24) is 10.2 Å². The minimum atomic E-state index is 0.730. The van der Waals surface area contributed by atoms with E-state index in [1.165, 1.54) is 51.7 Å². The second-order valence-electron chi connectivity index (χ2n) is 6.70. The van der Waals surface area contributed by atoms with Gasteiger partial charge in [-0.2, -0.15) is 0 Å². The minimum absolute atomic E-state index is 0.730. The largest absolute Gasteiger partial charge is 0.313 e. The molecule has 2 fully saturated rings. The lowest BCUT2D eigenvalue weighted by atomic mass is 10.0. The van der Waals surface area contributed by atoms with Crippen molar-refractivity contribution in [3.63, 3.8) is 0 Å². The van der Waals surface area contributed by atoms with E-state index in [9.17, 15) is 0 Å². The van der Waals surface area contributed by atoms with Crippen LogP contribution in [0.15, 0.2) is 0 Å². The zero-order valence-electron chi connectivity index (χ0n) is 11.9. The van der Waals surface area contributed by atoms with E-state index in [0.717, 1.165) is 23.9 Å². The average Bonchev–Trinajstić information content (AvgIpc) is 2.55. The molecule has 3 atom stereocenters. The summed E-state index contributed by atoms with van der Waals surface area (Å²) in [4.78, 5) is 2.79. The zero-order valence-corrected chi connectivity index (χ0v) is 11.9. The van der Waals surface area contributed by atoms with E-state index in [4.69, 9.17) is 0 Å². The van der Waals surface area contributed by atoms with E-state index < -0.39 is 0 Å². The lowest BCUT2D eigenvalue weighted by molar-refractivity contribution is 0.185. The highest BCUT2D eigenvalue weighted by atomic mass is 15.2. The quantitative estimate of drug-likeness (QED) is 0.813. The van der Waals surface area contributed by atoms with Gasteiger partial charge in [0.2, 0.25) is 0 Å². The fourth-order valence-electron chi connectivity index (χ4n) is 3.59. The predicted molar refractivity (Wildman–Crippen MR) is 74.2 cm³/mol. The summed E-state index contributed by atoms with van der Waals surface area (Å²) in [7, 11) is 0. The lowest BCUT2D eigenvalue weighted by Crippen LogP contribution is -2.42. The van der Waals surface area contributed by atoms with Gasteiger partial charge < -0.3 is 5.32 Å². The summed E-state index contributed by atoms with van der Waals surface area (Å²) in [5.74, 6) is 1.77. The van der Waals surface area contributed by atoms with Gasteiger partial charge in [0.1, 0.15) is 0 Å². The molecule has 1 saturated heterocycles. The molecule has 0 spiro atoms. The molecular weight excluding hydrogens is 208 g/mol. The number of hydrogen-bond acceptors (Lipinski definition) is 2. The van der Waals surface area contributed by atoms with Gasteiger partial charge in [0.05, 0.1) is 0 Å². The summed E-state index contributed by atoms with van der Waals surface area (Å²) in [5.41, 5.74) is 0. The van der Waals surface area contributed by atoms with Gasteiger partial charge in [-0.3, -0.25) is 4.90 Å². The van der Waals surface area contributed by atoms with Crippen LogP contribution in [-0.2, 0) is 0 Å². The predicted octanol–water partition coefficient (Wildman–Crippen LogP) is 2.89. The molecule has 0 aromatic rings. The molecule has 100 valence electrons. The standard InChI is InChI=1S/C15H30N2/c1-12(2)9-14-11-17(8-4-7-16-14)15-6-5-13(3)10-15/h12-16H,4-11H2,1-3H3. The van der Waals surface area contributed by atoms with E-state index in [1.54, 1.807) is 0 Å². The van der Waals surface area contributed by atoms with Crippen LogP contribution < -0.4 is 5.32 Å². The van der Waals surface area contributed by atoms with Crippen LogP contribution in [0.2, 0.25) is 0 Å². The number of rotatable bonds is 3. The molecule has 0 aromatic heterocycles. The van der Waals surface area contributed by atoms with Crippen LogP contribution in [-0.4, -0.2) is 36.6 Å². The molecule has 2 rings (SSSR count). The first kappa shape index (κ1) is 13.4. The maximum absolute atomic E-state index is 3.74. The van der Waals surface area contributed by atoms with Crippen LogP contribution in [0.4, 0.5) is 0 Å². The van der Waals surface area contributed by atoms with Gasteiger partial charge in [-0.15, -0.1) is 0 Å². The molecule has 0 amide bonds. The van der Waals surface area contributed by atoms with Crippen molar-refractivity contribution >= 4 is 0 Å². The van der Waals surface area contributed by atoms with Gasteiger partial charge in [-0.25, -0.2) is 0 Å². The Morgan fingerprint density at radius 3 is 2.76 bits per heavy atom. The van der Waals surface area contributed by atoms with Gasteiger partial charge in [0.25, 0.3) is 0 Å². The zero-order chi connectivity index (χ0) is 12.3. The van der Waals surface area contributed by atoms with Crippen molar-refractivity contribution in [3.8, 4) is 0 Å². The summed E-state index contributed by atoms with van der Waals surface area (Å²) < 4.78 is 0. The van der Waals surface area contributed by atoms with Crippen molar-refractivity contribution in [1.29, 1.82) is 0 Å². The maximum Gasteiger partial charge on any atom is 0.0197 e. The van der Waals surface area contributed by atoms with Crippen molar-refractivity contribution in [3.05, 3.63) is 0 Å². The molecule has 1 N–H and O–H groups in total. The fourth-order valence-corrected chi connectivity index (χ4v) is 3.59. The van der Waals surface area contributed by atoms with Crippen LogP contribution in [0.3, 0.4) is 0 Å². The SMILES string of the molecule is CC(C)CC1CN(C2CCC(C)C2)CCCN1. The fraction of sp³-hybridized carbons (Fsp3) is 1.00. The van der Waals surface area contributed by atoms with Gasteiger partial charge in [0.15, 0.2) is 0 Å². The Bertz CT molecular complexity index is 227. The van der Waals surface area contributed by atoms with E-state index >= 15 is 0 Å². The average molecular weight is 238 g/mol. The van der Waals surface area contributed by atoms with Crippen LogP contribution in [0.1, 0.15) is 52.9 Å². The van der Waals surface area contributed by atoms with E-state index in [0.29, 0.717) is 0 Å². The summed E-state index contributed by atoms with van der Waals surface area (Å²) >= 11 is 0. The lowest BCUT2D eigenvalue weighted by Gasteiger charge is -2.30. The maximum atomic E-state index is 3.74. The van der Waals surface area contributed by atoms with Crippen molar-refractivity contribution in [2.45, 2.75) is 65.0 Å². The third kappa shape index (κ3) is 3.96. The molecule has 0 radical (unpaired) electrons. The molecule has 1 saturated carbocycles. The Kier molecular flexibility index (Phi) is 4.87. The van der Waals surface area contributed by atoms with E-state index in [1.807, 2.05) is 0 Å². The molecule has 1 heterocycles. The molecule has 0 bridgehead atoms. The number of nitrogens with zero attached hydrogens (tertiary/aromatic N) is 1. The Morgan fingerprint density at radius 2 is 2.12 bits per heavy atom. The molecule has 3 unspecified atom stereocenters. The molecular formula is C15H30N2. The third-order valence-corrected chi connectivity index (χ3v) is 4.45. The van der Waals surface area contributed by atoms with Gasteiger partial charge in [-0.05, 0) is 57.0 Å². The van der Waals surface area contributed by atoms with Crippen LogP contribution in [0, 0.1) is 11.8 Å². The molecule has 1 aliphatic carbocycles. The molecule has 17 heavy (non-hydrogen) atoms. The Morgan fingerprint density at radius 1 is 1.29 bits per heavy atom. The first-order valence-corrected chi connectivity index (χ1v) is 7.62. The Labute approximate surface area is 107 Å². The molecule has 2 aliphatic rings. The minimum Gasteiger partial charge on any atom is -0.313 e. The van der Waals surface area contributed by atoms with Crippen LogP contribution >= 0.6 is 0 Å². The van der Waals surface area contributed by atoms with Gasteiger partial charge >= 0.3 is 0 Å². The summed E-state index contributed by atoms with van der Waals surface area (Å²) in [6, 6.07) is 1.62. The summed E-state index contributed by atoms with van der Waals surface area (Å²) in [6.45, 7) is 10.9. The first-order valence-electron chi connectivity index (χ1n) is 7.62. The highest BCUT2D eigenvalue weighted by molar-refractivity contribution is 4.86. The normalized spacial score (nSPS) is 36.4.